The highest BCUT2D eigenvalue weighted by Crippen LogP contribution is 2.54. The summed E-state index contributed by atoms with van der Waals surface area (Å²) in [6, 6.07) is 60.5. The van der Waals surface area contributed by atoms with E-state index in [1.807, 2.05) is 85.5 Å². The first kappa shape index (κ1) is 31.3. The number of hydrogen-bond acceptors (Lipinski definition) is 4. The number of fused-ring (bicyclic) bond motifs is 5. The quantitative estimate of drug-likeness (QED) is 0.133. The van der Waals surface area contributed by atoms with Crippen LogP contribution < -0.4 is 10.6 Å². The average molecular weight is 698 g/mol. The van der Waals surface area contributed by atoms with Crippen LogP contribution in [0, 0.1) is 0 Å². The maximum atomic E-state index is 14.8. The molecule has 1 aromatic heterocycles. The molecule has 8 aromatic carbocycles. The van der Waals surface area contributed by atoms with Crippen LogP contribution in [0.3, 0.4) is 0 Å². The van der Waals surface area contributed by atoms with Gasteiger partial charge in [0.05, 0.1) is 0 Å². The van der Waals surface area contributed by atoms with Crippen molar-refractivity contribution in [1.29, 1.82) is 0 Å². The second-order valence-corrected chi connectivity index (χ2v) is 16.4. The molecule has 10 rings (SSSR count). The molecule has 53 heavy (non-hydrogen) atoms. The van der Waals surface area contributed by atoms with Gasteiger partial charge in [-0.2, -0.15) is 0 Å². The third-order valence-corrected chi connectivity index (χ3v) is 13.1. The topological polar surface area (TPSA) is 55.7 Å². The maximum absolute atomic E-state index is 14.8. The average Bonchev–Trinajstić information content (AvgIpc) is 3.46. The van der Waals surface area contributed by atoms with Gasteiger partial charge in [0.15, 0.2) is 17.5 Å². The van der Waals surface area contributed by atoms with E-state index in [0.717, 1.165) is 82.2 Å². The second-order valence-electron chi connectivity index (χ2n) is 13.6. The Balaban J connectivity index is 1.15. The lowest BCUT2D eigenvalue weighted by atomic mass is 9.85. The summed E-state index contributed by atoms with van der Waals surface area (Å²) >= 11 is 0. The second kappa shape index (κ2) is 12.3. The molecule has 0 saturated carbocycles. The van der Waals surface area contributed by atoms with Gasteiger partial charge in [-0.25, -0.2) is 15.0 Å². The normalized spacial score (nSPS) is 14.7. The van der Waals surface area contributed by atoms with Crippen molar-refractivity contribution in [2.75, 3.05) is 6.66 Å². The Bertz CT molecular complexity index is 2810. The fourth-order valence-corrected chi connectivity index (χ4v) is 10.6. The van der Waals surface area contributed by atoms with E-state index >= 15 is 0 Å². The Morgan fingerprint density at radius 1 is 0.358 bits per heavy atom. The zero-order valence-electron chi connectivity index (χ0n) is 28.9. The number of rotatable bonds is 5. The van der Waals surface area contributed by atoms with Crippen LogP contribution in [0.25, 0.3) is 89.1 Å². The Kier molecular flexibility index (Phi) is 7.28. The van der Waals surface area contributed by atoms with Gasteiger partial charge in [0.25, 0.3) is 0 Å². The summed E-state index contributed by atoms with van der Waals surface area (Å²) in [4.78, 5) is 14.8. The van der Waals surface area contributed by atoms with Gasteiger partial charge in [0, 0.05) is 27.3 Å². The Morgan fingerprint density at radius 2 is 0.755 bits per heavy atom. The molecule has 0 radical (unpaired) electrons. The standard InChI is InChI=1S/C48H32N3OP/c1-53(52)42-26-13-12-19-35(42)40-24-14-25-41(45(40)53)44-38-22-10-8-20-36(38)43(37-21-9-11-23-39(37)44)31-27-29-34(30-28-31)48-50-46(32-15-4-2-5-16-32)49-47(51-48)33-17-6-3-7-18-33/h2-30H,1H3. The summed E-state index contributed by atoms with van der Waals surface area (Å²) < 4.78 is 14.8. The van der Waals surface area contributed by atoms with Crippen molar-refractivity contribution in [2.45, 2.75) is 0 Å². The molecule has 0 saturated heterocycles. The van der Waals surface area contributed by atoms with Crippen molar-refractivity contribution < 1.29 is 4.57 Å². The van der Waals surface area contributed by atoms with Crippen molar-refractivity contribution in [3.8, 4) is 67.5 Å². The third kappa shape index (κ3) is 5.06. The van der Waals surface area contributed by atoms with E-state index in [-0.39, 0.29) is 0 Å². The molecule has 2 heterocycles. The van der Waals surface area contributed by atoms with E-state index in [9.17, 15) is 4.57 Å². The van der Waals surface area contributed by atoms with Crippen LogP contribution in [-0.2, 0) is 4.57 Å². The predicted octanol–water partition coefficient (Wildman–Crippen LogP) is 11.4. The Labute approximate surface area is 307 Å². The van der Waals surface area contributed by atoms with Crippen molar-refractivity contribution in [3.63, 3.8) is 0 Å². The minimum atomic E-state index is -2.85. The Morgan fingerprint density at radius 3 is 1.30 bits per heavy atom. The molecule has 1 aliphatic rings. The molecule has 0 aliphatic carbocycles. The smallest absolute Gasteiger partial charge is 0.164 e. The van der Waals surface area contributed by atoms with E-state index < -0.39 is 7.14 Å². The molecule has 0 amide bonds. The van der Waals surface area contributed by atoms with Crippen molar-refractivity contribution >= 4 is 39.3 Å². The van der Waals surface area contributed by atoms with Gasteiger partial charge >= 0.3 is 0 Å². The summed E-state index contributed by atoms with van der Waals surface area (Å²) in [6.45, 7) is 1.93. The summed E-state index contributed by atoms with van der Waals surface area (Å²) in [5, 5.41) is 6.45. The van der Waals surface area contributed by atoms with E-state index in [1.165, 1.54) is 0 Å². The van der Waals surface area contributed by atoms with E-state index in [2.05, 4.69) is 97.1 Å². The summed E-state index contributed by atoms with van der Waals surface area (Å²) in [5.41, 5.74) is 9.35. The van der Waals surface area contributed by atoms with Crippen LogP contribution in [0.5, 0.6) is 0 Å². The van der Waals surface area contributed by atoms with Gasteiger partial charge in [-0.1, -0.05) is 176 Å². The summed E-state index contributed by atoms with van der Waals surface area (Å²) in [7, 11) is -2.85. The molecule has 5 heteroatoms. The Hall–Kier alpha value is -6.48. The van der Waals surface area contributed by atoms with Gasteiger partial charge in [-0.05, 0) is 61.6 Å². The lowest BCUT2D eigenvalue weighted by Gasteiger charge is -2.21. The van der Waals surface area contributed by atoms with Crippen LogP contribution in [0.15, 0.2) is 176 Å². The highest BCUT2D eigenvalue weighted by atomic mass is 31.2. The van der Waals surface area contributed by atoms with Crippen LogP contribution in [0.4, 0.5) is 0 Å². The number of nitrogens with zero attached hydrogens (tertiary/aromatic N) is 3. The molecule has 9 aromatic rings. The van der Waals surface area contributed by atoms with Crippen LogP contribution >= 0.6 is 7.14 Å². The third-order valence-electron chi connectivity index (χ3n) is 10.4. The van der Waals surface area contributed by atoms with Crippen molar-refractivity contribution in [2.24, 2.45) is 0 Å². The zero-order valence-corrected chi connectivity index (χ0v) is 29.8. The fourth-order valence-electron chi connectivity index (χ4n) is 8.07. The maximum Gasteiger partial charge on any atom is 0.164 e. The van der Waals surface area contributed by atoms with Crippen molar-refractivity contribution in [1.82, 2.24) is 15.0 Å². The van der Waals surface area contributed by atoms with Crippen LogP contribution in [0.2, 0.25) is 0 Å². The van der Waals surface area contributed by atoms with Crippen LogP contribution in [-0.4, -0.2) is 21.6 Å². The first-order valence-electron chi connectivity index (χ1n) is 17.8. The van der Waals surface area contributed by atoms with Crippen LogP contribution in [0.1, 0.15) is 0 Å². The number of hydrogen-bond donors (Lipinski definition) is 0. The summed E-state index contributed by atoms with van der Waals surface area (Å²) in [5.74, 6) is 1.90. The van der Waals surface area contributed by atoms with Gasteiger partial charge in [-0.3, -0.25) is 0 Å². The van der Waals surface area contributed by atoms with Gasteiger partial charge in [0.1, 0.15) is 7.14 Å². The minimum absolute atomic E-state index is 0.622. The van der Waals surface area contributed by atoms with Gasteiger partial charge in [-0.15, -0.1) is 0 Å². The first-order valence-corrected chi connectivity index (χ1v) is 19.9. The molecule has 250 valence electrons. The molecule has 1 unspecified atom stereocenters. The molecule has 0 bridgehead atoms. The monoisotopic (exact) mass is 697 g/mol. The molecular formula is C48H32N3OP. The number of aromatic nitrogens is 3. The van der Waals surface area contributed by atoms with E-state index in [1.54, 1.807) is 0 Å². The van der Waals surface area contributed by atoms with Gasteiger partial charge in [0.2, 0.25) is 0 Å². The molecule has 4 nitrogen and oxygen atoms in total. The SMILES string of the molecule is CP1(=O)c2ccccc2-c2cccc(-c3c4ccccc4c(-c4ccc(-c5nc(-c6ccccc6)nc(-c6ccccc6)n5)cc4)c4ccccc34)c21. The molecule has 0 fully saturated rings. The highest BCUT2D eigenvalue weighted by Gasteiger charge is 2.37. The zero-order chi connectivity index (χ0) is 35.5. The molecule has 0 N–H and O–H groups in total. The fraction of sp³-hybridized carbons (Fsp3) is 0.0208. The number of benzene rings is 8. The van der Waals surface area contributed by atoms with Gasteiger partial charge < -0.3 is 4.57 Å². The molecule has 1 atom stereocenters. The highest BCUT2D eigenvalue weighted by molar-refractivity contribution is 7.79. The first-order chi connectivity index (χ1) is 26.1. The van der Waals surface area contributed by atoms with E-state index in [0.29, 0.717) is 17.5 Å². The lowest BCUT2D eigenvalue weighted by Crippen LogP contribution is -2.11. The molecular weight excluding hydrogens is 666 g/mol. The minimum Gasteiger partial charge on any atom is -0.314 e. The summed E-state index contributed by atoms with van der Waals surface area (Å²) in [6.07, 6.45) is 0. The lowest BCUT2D eigenvalue weighted by molar-refractivity contribution is 0.591. The molecule has 1 aliphatic heterocycles. The molecule has 0 spiro atoms. The predicted molar refractivity (Wildman–Crippen MR) is 220 cm³/mol. The van der Waals surface area contributed by atoms with Crippen molar-refractivity contribution in [3.05, 3.63) is 176 Å². The largest absolute Gasteiger partial charge is 0.314 e. The van der Waals surface area contributed by atoms with E-state index in [4.69, 9.17) is 15.0 Å².